The van der Waals surface area contributed by atoms with Crippen LogP contribution < -0.4 is 15.5 Å². The summed E-state index contributed by atoms with van der Waals surface area (Å²) in [5.41, 5.74) is 1.07. The van der Waals surface area contributed by atoms with Gasteiger partial charge in [-0.3, -0.25) is 10.2 Å². The molecule has 144 valence electrons. The second kappa shape index (κ2) is 7.85. The lowest BCUT2D eigenvalue weighted by molar-refractivity contribution is -0.139. The van der Waals surface area contributed by atoms with Crippen molar-refractivity contribution in [3.8, 4) is 5.75 Å². The van der Waals surface area contributed by atoms with Crippen molar-refractivity contribution in [3.05, 3.63) is 57.6 Å². The van der Waals surface area contributed by atoms with Gasteiger partial charge in [-0.15, -0.1) is 0 Å². The van der Waals surface area contributed by atoms with E-state index in [0.29, 0.717) is 22.9 Å². The topological polar surface area (TPSA) is 99.5 Å². The van der Waals surface area contributed by atoms with Crippen LogP contribution >= 0.6 is 23.2 Å². The number of rotatable bonds is 6. The molecule has 2 aromatic carbocycles. The minimum atomic E-state index is -1.14. The highest BCUT2D eigenvalue weighted by Gasteiger charge is 2.50. The summed E-state index contributed by atoms with van der Waals surface area (Å²) in [6, 6.07) is 9.94. The van der Waals surface area contributed by atoms with Crippen molar-refractivity contribution in [2.24, 2.45) is 0 Å². The van der Waals surface area contributed by atoms with Gasteiger partial charge in [-0.1, -0.05) is 46.9 Å². The predicted molar refractivity (Wildman–Crippen MR) is 110 cm³/mol. The number of hydrogen-bond acceptors (Lipinski definition) is 4. The molecule has 0 bridgehead atoms. The Balaban J connectivity index is 1.82. The molecule has 0 atom stereocenters. The number of benzene rings is 2. The lowest BCUT2D eigenvalue weighted by Gasteiger charge is -2.20. The third kappa shape index (κ3) is 4.15. The van der Waals surface area contributed by atoms with Crippen LogP contribution in [0, 0.1) is 5.41 Å². The van der Waals surface area contributed by atoms with Crippen LogP contribution in [-0.2, 0) is 10.2 Å². The molecule has 1 aliphatic rings. The van der Waals surface area contributed by atoms with E-state index >= 15 is 0 Å². The number of carboxylic acid groups (broad SMARTS) is 1. The van der Waals surface area contributed by atoms with Gasteiger partial charge in [-0.05, 0) is 36.6 Å². The molecule has 0 aliphatic heterocycles. The quantitative estimate of drug-likeness (QED) is 0.380. The van der Waals surface area contributed by atoms with E-state index in [-0.39, 0.29) is 17.1 Å². The number of ether oxygens (including phenoxy) is 1. The number of carboxylic acids is 1. The molecule has 9 heteroatoms. The highest BCUT2D eigenvalue weighted by atomic mass is 35.5. The van der Waals surface area contributed by atoms with Crippen LogP contribution in [0.5, 0.6) is 5.75 Å². The van der Waals surface area contributed by atoms with E-state index in [4.69, 9.17) is 38.5 Å². The molecule has 2 aromatic rings. The number of amidine groups is 1. The molecule has 0 radical (unpaired) electrons. The third-order valence-corrected chi connectivity index (χ3v) is 5.19. The fraction of sp³-hybridized carbons (Fsp3) is 0.211. The maximum Gasteiger partial charge on any atom is 0.341 e. The minimum Gasteiger partial charge on any atom is -0.481 e. The summed E-state index contributed by atoms with van der Waals surface area (Å²) >= 11 is 12.3. The Labute approximate surface area is 172 Å². The molecular formula is C19H17BCl2N2O4. The highest BCUT2D eigenvalue weighted by Crippen LogP contribution is 2.51. The number of carbonyl (C=O) groups is 2. The lowest BCUT2D eigenvalue weighted by atomic mass is 9.92. The van der Waals surface area contributed by atoms with E-state index in [1.807, 2.05) is 0 Å². The summed E-state index contributed by atoms with van der Waals surface area (Å²) in [7, 11) is 1.80. The van der Waals surface area contributed by atoms with Crippen molar-refractivity contribution in [2.75, 3.05) is 6.61 Å². The third-order valence-electron chi connectivity index (χ3n) is 4.64. The van der Waals surface area contributed by atoms with Crippen LogP contribution in [0.3, 0.4) is 0 Å². The van der Waals surface area contributed by atoms with Gasteiger partial charge >= 0.3 is 5.97 Å². The van der Waals surface area contributed by atoms with Gasteiger partial charge in [0.2, 0.25) is 0 Å². The van der Waals surface area contributed by atoms with Crippen LogP contribution in [0.2, 0.25) is 10.0 Å². The maximum atomic E-state index is 12.8. The van der Waals surface area contributed by atoms with E-state index in [1.54, 1.807) is 44.2 Å². The average molecular weight is 419 g/mol. The van der Waals surface area contributed by atoms with Crippen molar-refractivity contribution < 1.29 is 19.4 Å². The van der Waals surface area contributed by atoms with Crippen LogP contribution in [0.4, 0.5) is 0 Å². The summed E-state index contributed by atoms with van der Waals surface area (Å²) in [4.78, 5) is 23.6. The van der Waals surface area contributed by atoms with E-state index in [1.165, 1.54) is 0 Å². The molecule has 0 aromatic heterocycles. The van der Waals surface area contributed by atoms with Crippen molar-refractivity contribution in [3.63, 3.8) is 0 Å². The van der Waals surface area contributed by atoms with Gasteiger partial charge in [-0.25, -0.2) is 4.79 Å². The van der Waals surface area contributed by atoms with Gasteiger partial charge in [0.15, 0.2) is 6.61 Å². The number of amides is 1. The van der Waals surface area contributed by atoms with Crippen molar-refractivity contribution in [1.29, 1.82) is 5.41 Å². The zero-order valence-corrected chi connectivity index (χ0v) is 16.5. The lowest BCUT2D eigenvalue weighted by Crippen LogP contribution is -2.39. The van der Waals surface area contributed by atoms with Gasteiger partial charge in [0.05, 0.1) is 11.0 Å². The monoisotopic (exact) mass is 418 g/mol. The molecule has 0 spiro atoms. The second-order valence-corrected chi connectivity index (χ2v) is 7.56. The molecule has 0 unspecified atom stereocenters. The van der Waals surface area contributed by atoms with Gasteiger partial charge in [0, 0.05) is 10.0 Å². The van der Waals surface area contributed by atoms with E-state index in [0.717, 1.165) is 11.0 Å². The minimum absolute atomic E-state index is 0.0346. The van der Waals surface area contributed by atoms with Gasteiger partial charge < -0.3 is 15.2 Å². The fourth-order valence-corrected chi connectivity index (χ4v) is 3.63. The normalized spacial score (nSPS) is 14.2. The second-order valence-electron chi connectivity index (χ2n) is 6.72. The molecular weight excluding hydrogens is 402 g/mol. The average Bonchev–Trinajstić information content (AvgIpc) is 3.42. The largest absolute Gasteiger partial charge is 0.481 e. The Morgan fingerprint density at radius 2 is 1.93 bits per heavy atom. The van der Waals surface area contributed by atoms with Crippen molar-refractivity contribution in [2.45, 2.75) is 18.3 Å². The highest BCUT2D eigenvalue weighted by molar-refractivity contribution is 6.35. The smallest absolute Gasteiger partial charge is 0.341 e. The SMILES string of the molecule is Bc1ccc(OCC(=O)O)c(C(=O)NC(=N)C2(c3ccc(Cl)cc3Cl)CC2)c1. The Morgan fingerprint density at radius 3 is 2.54 bits per heavy atom. The number of nitrogens with one attached hydrogen (secondary N) is 2. The molecule has 6 nitrogen and oxygen atoms in total. The molecule has 0 heterocycles. The summed E-state index contributed by atoms with van der Waals surface area (Å²) in [5, 5.41) is 20.8. The van der Waals surface area contributed by atoms with E-state index in [2.05, 4.69) is 5.32 Å². The van der Waals surface area contributed by atoms with E-state index < -0.39 is 23.9 Å². The molecule has 1 saturated carbocycles. The first-order valence-electron chi connectivity index (χ1n) is 8.54. The van der Waals surface area contributed by atoms with Gasteiger partial charge in [0.1, 0.15) is 19.4 Å². The summed E-state index contributed by atoms with van der Waals surface area (Å²) < 4.78 is 5.21. The number of hydrogen-bond donors (Lipinski definition) is 3. The Hall–Kier alpha value is -2.51. The Morgan fingerprint density at radius 1 is 1.21 bits per heavy atom. The summed E-state index contributed by atoms with van der Waals surface area (Å²) in [6.07, 6.45) is 1.37. The molecule has 28 heavy (non-hydrogen) atoms. The Bertz CT molecular complexity index is 976. The Kier molecular flexibility index (Phi) is 5.68. The zero-order chi connectivity index (χ0) is 20.5. The molecule has 3 N–H and O–H groups in total. The van der Waals surface area contributed by atoms with Crippen LogP contribution in [-0.4, -0.2) is 37.3 Å². The van der Waals surface area contributed by atoms with Crippen LogP contribution in [0.1, 0.15) is 28.8 Å². The van der Waals surface area contributed by atoms with Crippen LogP contribution in [0.25, 0.3) is 0 Å². The zero-order valence-electron chi connectivity index (χ0n) is 15.0. The predicted octanol–water partition coefficient (Wildman–Crippen LogP) is 2.15. The summed E-state index contributed by atoms with van der Waals surface area (Å²) in [5.74, 6) is -1.50. The van der Waals surface area contributed by atoms with Crippen molar-refractivity contribution in [1.82, 2.24) is 5.32 Å². The first-order valence-corrected chi connectivity index (χ1v) is 9.30. The first-order chi connectivity index (χ1) is 13.2. The molecule has 3 rings (SSSR count). The molecule has 1 aliphatic carbocycles. The van der Waals surface area contributed by atoms with Gasteiger partial charge in [-0.2, -0.15) is 0 Å². The first kappa shape index (κ1) is 20.2. The fourth-order valence-electron chi connectivity index (χ4n) is 3.04. The van der Waals surface area contributed by atoms with Gasteiger partial charge in [0.25, 0.3) is 5.91 Å². The maximum absolute atomic E-state index is 12.8. The van der Waals surface area contributed by atoms with Crippen LogP contribution in [0.15, 0.2) is 36.4 Å². The molecule has 0 saturated heterocycles. The van der Waals surface area contributed by atoms with E-state index in [9.17, 15) is 9.59 Å². The summed E-state index contributed by atoms with van der Waals surface area (Å²) in [6.45, 7) is -0.564. The number of halogens is 2. The standard InChI is InChI=1S/C19H17BCl2N2O4/c20-10-1-4-15(28-9-16(25)26)12(7-10)17(27)24-18(23)19(5-6-19)13-3-2-11(21)8-14(13)22/h1-4,7-8H,5-6,9,20H2,(H,25,26)(H2,23,24,27). The molecule has 1 amide bonds. The van der Waals surface area contributed by atoms with Crippen molar-refractivity contribution >= 4 is 54.2 Å². The number of aliphatic carboxylic acids is 1. The molecule has 1 fully saturated rings. The number of carbonyl (C=O) groups excluding carboxylic acids is 1.